The van der Waals surface area contributed by atoms with Crippen LogP contribution in [0.4, 0.5) is 0 Å². The lowest BCUT2D eigenvalue weighted by molar-refractivity contribution is -0.142. The number of aryl methyl sites for hydroxylation is 3. The van der Waals surface area contributed by atoms with Gasteiger partial charge in [-0.1, -0.05) is 17.7 Å². The number of piperazine rings is 1. The normalized spacial score (nSPS) is 21.0. The van der Waals surface area contributed by atoms with E-state index in [1.54, 1.807) is 39.8 Å². The maximum atomic E-state index is 13.3. The molecular formula is C17H24N2O5S. The van der Waals surface area contributed by atoms with Gasteiger partial charge in [-0.05, 0) is 45.7 Å². The smallest absolute Gasteiger partial charge is 0.305 e. The summed E-state index contributed by atoms with van der Waals surface area (Å²) in [5, 5.41) is 11.8. The van der Waals surface area contributed by atoms with Gasteiger partial charge >= 0.3 is 5.97 Å². The zero-order valence-corrected chi connectivity index (χ0v) is 15.9. The Bertz CT molecular complexity index is 806. The molecule has 0 bridgehead atoms. The van der Waals surface area contributed by atoms with Crippen LogP contribution in [0.1, 0.15) is 37.0 Å². The third kappa shape index (κ3) is 3.85. The molecule has 138 valence electrons. The first-order valence-corrected chi connectivity index (χ1v) is 9.43. The largest absolute Gasteiger partial charge is 0.481 e. The Morgan fingerprint density at radius 2 is 1.80 bits per heavy atom. The van der Waals surface area contributed by atoms with Crippen molar-refractivity contribution in [3.8, 4) is 0 Å². The topological polar surface area (TPSA) is 104 Å². The number of aliphatic carboxylic acids is 1. The lowest BCUT2D eigenvalue weighted by atomic mass is 9.99. The maximum absolute atomic E-state index is 13.3. The molecule has 1 aliphatic rings. The maximum Gasteiger partial charge on any atom is 0.305 e. The molecule has 7 nitrogen and oxygen atoms in total. The molecule has 1 aromatic rings. The average Bonchev–Trinajstić information content (AvgIpc) is 2.38. The van der Waals surface area contributed by atoms with E-state index in [0.29, 0.717) is 11.1 Å². The molecule has 1 fully saturated rings. The lowest BCUT2D eigenvalue weighted by Crippen LogP contribution is -2.66. The van der Waals surface area contributed by atoms with Crippen LogP contribution in [0, 0.1) is 20.8 Å². The van der Waals surface area contributed by atoms with E-state index >= 15 is 0 Å². The van der Waals surface area contributed by atoms with Crippen molar-refractivity contribution in [2.45, 2.75) is 57.5 Å². The quantitative estimate of drug-likeness (QED) is 0.835. The molecule has 1 atom stereocenters. The Morgan fingerprint density at radius 3 is 2.28 bits per heavy atom. The van der Waals surface area contributed by atoms with Crippen LogP contribution in [0.25, 0.3) is 0 Å². The first-order valence-electron chi connectivity index (χ1n) is 7.99. The van der Waals surface area contributed by atoms with E-state index in [0.717, 1.165) is 9.87 Å². The van der Waals surface area contributed by atoms with Crippen molar-refractivity contribution in [1.82, 2.24) is 9.62 Å². The van der Waals surface area contributed by atoms with E-state index in [-0.39, 0.29) is 11.4 Å². The van der Waals surface area contributed by atoms with Crippen LogP contribution in [-0.2, 0) is 19.6 Å². The fourth-order valence-electron chi connectivity index (χ4n) is 3.39. The number of rotatable bonds is 4. The summed E-state index contributed by atoms with van der Waals surface area (Å²) < 4.78 is 27.7. The van der Waals surface area contributed by atoms with Crippen molar-refractivity contribution in [3.05, 3.63) is 28.8 Å². The summed E-state index contributed by atoms with van der Waals surface area (Å²) in [6.07, 6.45) is -0.578. The standard InChI is InChI=1S/C17H24N2O5S/c1-10-6-11(2)15(12(3)7-10)25(23,24)19-9-17(4,5)18-16(22)13(19)8-14(20)21/h6-7,13H,8-9H2,1-5H3,(H,18,22)(H,20,21)/t13-/m1/s1. The van der Waals surface area contributed by atoms with Crippen LogP contribution in [-0.4, -0.2) is 47.8 Å². The third-order valence-corrected chi connectivity index (χ3v) is 6.36. The van der Waals surface area contributed by atoms with Gasteiger partial charge in [0.1, 0.15) is 6.04 Å². The summed E-state index contributed by atoms with van der Waals surface area (Å²) in [5.74, 6) is -1.82. The van der Waals surface area contributed by atoms with Gasteiger partial charge in [0.15, 0.2) is 0 Å². The van der Waals surface area contributed by atoms with E-state index in [2.05, 4.69) is 5.32 Å². The van der Waals surface area contributed by atoms with E-state index in [1.807, 2.05) is 6.92 Å². The molecular weight excluding hydrogens is 344 g/mol. The number of carbonyl (C=O) groups excluding carboxylic acids is 1. The van der Waals surface area contributed by atoms with Crippen molar-refractivity contribution in [2.24, 2.45) is 0 Å². The number of sulfonamides is 1. The molecule has 0 spiro atoms. The van der Waals surface area contributed by atoms with Crippen LogP contribution >= 0.6 is 0 Å². The lowest BCUT2D eigenvalue weighted by Gasteiger charge is -2.42. The summed E-state index contributed by atoms with van der Waals surface area (Å²) in [4.78, 5) is 23.7. The summed E-state index contributed by atoms with van der Waals surface area (Å²) >= 11 is 0. The fourth-order valence-corrected chi connectivity index (χ4v) is 5.55. The van der Waals surface area contributed by atoms with Crippen molar-refractivity contribution >= 4 is 21.9 Å². The number of benzene rings is 1. The number of nitrogens with zero attached hydrogens (tertiary/aromatic N) is 1. The molecule has 0 radical (unpaired) electrons. The van der Waals surface area contributed by atoms with Crippen molar-refractivity contribution in [3.63, 3.8) is 0 Å². The van der Waals surface area contributed by atoms with E-state index < -0.39 is 39.9 Å². The zero-order valence-electron chi connectivity index (χ0n) is 15.1. The predicted octanol–water partition coefficient (Wildman–Crippen LogP) is 1.35. The highest BCUT2D eigenvalue weighted by molar-refractivity contribution is 7.89. The second kappa shape index (κ2) is 6.42. The Hall–Kier alpha value is -1.93. The number of hydrogen-bond donors (Lipinski definition) is 2. The monoisotopic (exact) mass is 368 g/mol. The number of nitrogens with one attached hydrogen (secondary N) is 1. The van der Waals surface area contributed by atoms with Gasteiger partial charge in [-0.2, -0.15) is 4.31 Å². The molecule has 0 saturated carbocycles. The summed E-state index contributed by atoms with van der Waals surface area (Å²) in [7, 11) is -4.03. The van der Waals surface area contributed by atoms with Crippen molar-refractivity contribution < 1.29 is 23.1 Å². The number of hydrogen-bond acceptors (Lipinski definition) is 4. The molecule has 1 aromatic carbocycles. The predicted molar refractivity (Wildman–Crippen MR) is 92.8 cm³/mol. The van der Waals surface area contributed by atoms with Gasteiger partial charge in [-0.3, -0.25) is 9.59 Å². The Balaban J connectivity index is 2.61. The first-order chi connectivity index (χ1) is 11.3. The Kier molecular flexibility index (Phi) is 4.98. The minimum atomic E-state index is -4.03. The van der Waals surface area contributed by atoms with Crippen LogP contribution in [0.3, 0.4) is 0 Å². The van der Waals surface area contributed by atoms with Crippen molar-refractivity contribution in [2.75, 3.05) is 6.54 Å². The highest BCUT2D eigenvalue weighted by atomic mass is 32.2. The van der Waals surface area contributed by atoms with Crippen LogP contribution in [0.2, 0.25) is 0 Å². The van der Waals surface area contributed by atoms with Crippen molar-refractivity contribution in [1.29, 1.82) is 0 Å². The van der Waals surface area contributed by atoms with Gasteiger partial charge in [0, 0.05) is 12.1 Å². The summed E-state index contributed by atoms with van der Waals surface area (Å²) in [6, 6.07) is 2.26. The number of carbonyl (C=O) groups is 2. The Labute approximate surface area is 148 Å². The van der Waals surface area contributed by atoms with Crippen LogP contribution < -0.4 is 5.32 Å². The first kappa shape index (κ1) is 19.4. The van der Waals surface area contributed by atoms with E-state index in [9.17, 15) is 18.0 Å². The van der Waals surface area contributed by atoms with Gasteiger partial charge in [0.25, 0.3) is 0 Å². The molecule has 8 heteroatoms. The molecule has 0 unspecified atom stereocenters. The molecule has 0 aromatic heterocycles. The molecule has 0 aliphatic carbocycles. The highest BCUT2D eigenvalue weighted by Gasteiger charge is 2.46. The van der Waals surface area contributed by atoms with Gasteiger partial charge in [0.2, 0.25) is 15.9 Å². The fraction of sp³-hybridized carbons (Fsp3) is 0.529. The molecule has 2 rings (SSSR count). The molecule has 25 heavy (non-hydrogen) atoms. The van der Waals surface area contributed by atoms with Crippen LogP contribution in [0.5, 0.6) is 0 Å². The van der Waals surface area contributed by atoms with E-state index in [1.165, 1.54) is 0 Å². The SMILES string of the molecule is Cc1cc(C)c(S(=O)(=O)N2CC(C)(C)NC(=O)[C@H]2CC(=O)O)c(C)c1. The van der Waals surface area contributed by atoms with E-state index in [4.69, 9.17) is 5.11 Å². The third-order valence-electron chi connectivity index (χ3n) is 4.20. The number of carboxylic acid groups (broad SMARTS) is 1. The summed E-state index contributed by atoms with van der Waals surface area (Å²) in [5.41, 5.74) is 1.31. The van der Waals surface area contributed by atoms with Gasteiger partial charge in [0.05, 0.1) is 11.3 Å². The summed E-state index contributed by atoms with van der Waals surface area (Å²) in [6.45, 7) is 8.70. The molecule has 2 N–H and O–H groups in total. The number of carboxylic acids is 1. The van der Waals surface area contributed by atoms with Gasteiger partial charge in [-0.25, -0.2) is 8.42 Å². The second-order valence-electron chi connectivity index (χ2n) is 7.26. The van der Waals surface area contributed by atoms with Crippen LogP contribution in [0.15, 0.2) is 17.0 Å². The zero-order chi connectivity index (χ0) is 19.2. The minimum absolute atomic E-state index is 0.00573. The molecule has 1 saturated heterocycles. The second-order valence-corrected chi connectivity index (χ2v) is 9.09. The number of amides is 1. The minimum Gasteiger partial charge on any atom is -0.481 e. The molecule has 1 aliphatic heterocycles. The van der Waals surface area contributed by atoms with Gasteiger partial charge < -0.3 is 10.4 Å². The molecule has 1 heterocycles. The highest BCUT2D eigenvalue weighted by Crippen LogP contribution is 2.30. The average molecular weight is 368 g/mol. The van der Waals surface area contributed by atoms with Gasteiger partial charge in [-0.15, -0.1) is 0 Å². The Morgan fingerprint density at radius 1 is 1.28 bits per heavy atom. The molecule has 1 amide bonds.